The Kier molecular flexibility index (Phi) is 2.84. The number of aryl methyl sites for hydroxylation is 1. The van der Waals surface area contributed by atoms with E-state index in [-0.39, 0.29) is 6.79 Å². The van der Waals surface area contributed by atoms with Gasteiger partial charge in [0.1, 0.15) is 5.65 Å². The minimum Gasteiger partial charge on any atom is -0.454 e. The lowest BCUT2D eigenvalue weighted by atomic mass is 10.1. The summed E-state index contributed by atoms with van der Waals surface area (Å²) in [5.74, 6) is 1.45. The van der Waals surface area contributed by atoms with E-state index in [2.05, 4.69) is 0 Å². The Balaban J connectivity index is 1.95. The monoisotopic (exact) mass is 296 g/mol. The average Bonchev–Trinajstić information content (AvgIpc) is 3.09. The second-order valence-corrected chi connectivity index (χ2v) is 5.52. The molecule has 0 saturated heterocycles. The SMILES string of the molecule is Cc1ccn2c(C(C)O)c(-c3ccc4c(c3)OCO4)nc2c1. The molecule has 0 amide bonds. The standard InChI is InChI=1S/C17H16N2O3/c1-10-5-6-19-15(7-10)18-16(17(19)11(2)20)12-3-4-13-14(8-12)22-9-21-13/h3-8,11,20H,9H2,1-2H3. The summed E-state index contributed by atoms with van der Waals surface area (Å²) in [4.78, 5) is 4.70. The number of aliphatic hydroxyl groups is 1. The first-order valence-electron chi connectivity index (χ1n) is 7.20. The highest BCUT2D eigenvalue weighted by atomic mass is 16.7. The van der Waals surface area contributed by atoms with Gasteiger partial charge in [-0.15, -0.1) is 0 Å². The van der Waals surface area contributed by atoms with E-state index in [1.807, 2.05) is 47.9 Å². The number of aromatic nitrogens is 2. The lowest BCUT2D eigenvalue weighted by Gasteiger charge is -2.08. The van der Waals surface area contributed by atoms with Crippen molar-refractivity contribution in [1.82, 2.24) is 9.38 Å². The number of hydrogen-bond acceptors (Lipinski definition) is 4. The van der Waals surface area contributed by atoms with Crippen molar-refractivity contribution in [3.63, 3.8) is 0 Å². The van der Waals surface area contributed by atoms with Crippen molar-refractivity contribution in [1.29, 1.82) is 0 Å². The van der Waals surface area contributed by atoms with Crippen LogP contribution in [0, 0.1) is 6.92 Å². The van der Waals surface area contributed by atoms with E-state index in [1.54, 1.807) is 6.92 Å². The summed E-state index contributed by atoms with van der Waals surface area (Å²) in [6.07, 6.45) is 1.31. The minimum absolute atomic E-state index is 0.242. The van der Waals surface area contributed by atoms with Crippen LogP contribution in [0.1, 0.15) is 24.3 Å². The third-order valence-electron chi connectivity index (χ3n) is 3.86. The maximum absolute atomic E-state index is 10.2. The van der Waals surface area contributed by atoms with Crippen LogP contribution in [0.5, 0.6) is 11.5 Å². The Morgan fingerprint density at radius 1 is 1.18 bits per heavy atom. The molecule has 1 aliphatic heterocycles. The Bertz CT molecular complexity index is 868. The number of fused-ring (bicyclic) bond motifs is 2. The molecular formula is C17H16N2O3. The Hall–Kier alpha value is -2.53. The Labute approximate surface area is 127 Å². The molecule has 1 aromatic carbocycles. The van der Waals surface area contributed by atoms with Gasteiger partial charge in [0.15, 0.2) is 11.5 Å². The zero-order chi connectivity index (χ0) is 15.3. The van der Waals surface area contributed by atoms with Crippen molar-refractivity contribution >= 4 is 5.65 Å². The lowest BCUT2D eigenvalue weighted by Crippen LogP contribution is -1.99. The van der Waals surface area contributed by atoms with E-state index in [1.165, 1.54) is 0 Å². The highest BCUT2D eigenvalue weighted by molar-refractivity contribution is 5.70. The number of rotatable bonds is 2. The third kappa shape index (κ3) is 1.94. The lowest BCUT2D eigenvalue weighted by molar-refractivity contribution is 0.174. The van der Waals surface area contributed by atoms with Crippen LogP contribution in [0.15, 0.2) is 36.5 Å². The predicted molar refractivity (Wildman–Crippen MR) is 82.1 cm³/mol. The van der Waals surface area contributed by atoms with Crippen molar-refractivity contribution in [2.24, 2.45) is 0 Å². The zero-order valence-electron chi connectivity index (χ0n) is 12.4. The molecule has 0 spiro atoms. The van der Waals surface area contributed by atoms with Crippen molar-refractivity contribution in [3.05, 3.63) is 47.8 Å². The smallest absolute Gasteiger partial charge is 0.231 e. The van der Waals surface area contributed by atoms with Gasteiger partial charge in [0, 0.05) is 11.8 Å². The molecule has 0 bridgehead atoms. The molecule has 112 valence electrons. The fraction of sp³-hybridized carbons (Fsp3) is 0.235. The number of nitrogens with zero attached hydrogens (tertiary/aromatic N) is 2. The molecule has 0 radical (unpaired) electrons. The number of benzene rings is 1. The summed E-state index contributed by atoms with van der Waals surface area (Å²) in [5.41, 5.74) is 4.39. The molecule has 1 atom stereocenters. The van der Waals surface area contributed by atoms with Crippen LogP contribution >= 0.6 is 0 Å². The summed E-state index contributed by atoms with van der Waals surface area (Å²) in [6, 6.07) is 9.72. The molecule has 4 rings (SSSR count). The van der Waals surface area contributed by atoms with Gasteiger partial charge in [-0.2, -0.15) is 0 Å². The van der Waals surface area contributed by atoms with Gasteiger partial charge >= 0.3 is 0 Å². The van der Waals surface area contributed by atoms with Gasteiger partial charge in [0.05, 0.1) is 17.5 Å². The van der Waals surface area contributed by atoms with Crippen LogP contribution in [0.3, 0.4) is 0 Å². The van der Waals surface area contributed by atoms with E-state index in [0.717, 1.165) is 33.9 Å². The number of hydrogen-bond donors (Lipinski definition) is 1. The third-order valence-corrected chi connectivity index (χ3v) is 3.86. The van der Waals surface area contributed by atoms with Crippen molar-refractivity contribution < 1.29 is 14.6 Å². The summed E-state index contributed by atoms with van der Waals surface area (Å²) in [5, 5.41) is 10.2. The number of pyridine rings is 1. The van der Waals surface area contributed by atoms with Crippen molar-refractivity contribution in [2.45, 2.75) is 20.0 Å². The summed E-state index contributed by atoms with van der Waals surface area (Å²) >= 11 is 0. The van der Waals surface area contributed by atoms with E-state index in [4.69, 9.17) is 14.5 Å². The molecule has 22 heavy (non-hydrogen) atoms. The van der Waals surface area contributed by atoms with Crippen molar-refractivity contribution in [3.8, 4) is 22.8 Å². The van der Waals surface area contributed by atoms with E-state index < -0.39 is 6.10 Å². The van der Waals surface area contributed by atoms with Crippen molar-refractivity contribution in [2.75, 3.05) is 6.79 Å². The Morgan fingerprint density at radius 2 is 2.00 bits per heavy atom. The molecule has 3 aromatic rings. The number of aliphatic hydroxyl groups excluding tert-OH is 1. The van der Waals surface area contributed by atoms with Gasteiger partial charge in [0.2, 0.25) is 6.79 Å². The summed E-state index contributed by atoms with van der Waals surface area (Å²) < 4.78 is 12.7. The van der Waals surface area contributed by atoms with Crippen LogP contribution in [0.2, 0.25) is 0 Å². The molecule has 3 heterocycles. The second kappa shape index (κ2) is 4.74. The van der Waals surface area contributed by atoms with Crippen LogP contribution in [-0.4, -0.2) is 21.3 Å². The average molecular weight is 296 g/mol. The molecule has 0 aliphatic carbocycles. The largest absolute Gasteiger partial charge is 0.454 e. The topological polar surface area (TPSA) is 56.0 Å². The van der Waals surface area contributed by atoms with Gasteiger partial charge in [-0.1, -0.05) is 0 Å². The normalized spacial score (nSPS) is 14.5. The van der Waals surface area contributed by atoms with Crippen LogP contribution in [0.4, 0.5) is 0 Å². The molecule has 5 nitrogen and oxygen atoms in total. The zero-order valence-corrected chi connectivity index (χ0v) is 12.4. The minimum atomic E-state index is -0.627. The molecule has 0 saturated carbocycles. The van der Waals surface area contributed by atoms with Gasteiger partial charge in [-0.25, -0.2) is 4.98 Å². The van der Waals surface area contributed by atoms with Gasteiger partial charge in [0.25, 0.3) is 0 Å². The van der Waals surface area contributed by atoms with Crippen LogP contribution < -0.4 is 9.47 Å². The highest BCUT2D eigenvalue weighted by Crippen LogP contribution is 2.37. The van der Waals surface area contributed by atoms with Gasteiger partial charge in [-0.05, 0) is 49.7 Å². The maximum atomic E-state index is 10.2. The fourth-order valence-corrected chi connectivity index (χ4v) is 2.82. The molecule has 1 aliphatic rings. The van der Waals surface area contributed by atoms with E-state index in [9.17, 15) is 5.11 Å². The first-order chi connectivity index (χ1) is 10.6. The predicted octanol–water partition coefficient (Wildman–Crippen LogP) is 3.09. The van der Waals surface area contributed by atoms with E-state index >= 15 is 0 Å². The molecule has 5 heteroatoms. The molecule has 0 fully saturated rings. The first kappa shape index (κ1) is 13.2. The number of ether oxygens (including phenoxy) is 2. The summed E-state index contributed by atoms with van der Waals surface area (Å²) in [6.45, 7) is 4.02. The van der Waals surface area contributed by atoms with E-state index in [0.29, 0.717) is 5.75 Å². The van der Waals surface area contributed by atoms with Crippen LogP contribution in [0.25, 0.3) is 16.9 Å². The summed E-state index contributed by atoms with van der Waals surface area (Å²) in [7, 11) is 0. The van der Waals surface area contributed by atoms with Crippen LogP contribution in [-0.2, 0) is 0 Å². The number of imidazole rings is 1. The fourth-order valence-electron chi connectivity index (χ4n) is 2.82. The van der Waals surface area contributed by atoms with Gasteiger partial charge in [-0.3, -0.25) is 0 Å². The quantitative estimate of drug-likeness (QED) is 0.789. The Morgan fingerprint density at radius 3 is 2.82 bits per heavy atom. The maximum Gasteiger partial charge on any atom is 0.231 e. The van der Waals surface area contributed by atoms with Gasteiger partial charge < -0.3 is 19.0 Å². The molecular weight excluding hydrogens is 280 g/mol. The second-order valence-electron chi connectivity index (χ2n) is 5.52. The molecule has 1 N–H and O–H groups in total. The molecule has 1 unspecified atom stereocenters. The first-order valence-corrected chi connectivity index (χ1v) is 7.20. The molecule has 2 aromatic heterocycles. The highest BCUT2D eigenvalue weighted by Gasteiger charge is 2.21.